The van der Waals surface area contributed by atoms with Gasteiger partial charge in [0.2, 0.25) is 0 Å². The molecule has 0 saturated heterocycles. The average Bonchev–Trinajstić information content (AvgIpc) is 3.05. The number of nitrogens with one attached hydrogen (secondary N) is 1. The van der Waals surface area contributed by atoms with Crippen molar-refractivity contribution in [1.82, 2.24) is 10.2 Å². The Bertz CT molecular complexity index is 272. The lowest BCUT2D eigenvalue weighted by Gasteiger charge is -2.30. The van der Waals surface area contributed by atoms with E-state index in [1.54, 1.807) is 0 Å². The molecule has 5 nitrogen and oxygen atoms in total. The zero-order valence-electron chi connectivity index (χ0n) is 12.0. The Hall–Kier alpha value is -0.810. The molecule has 0 bridgehead atoms. The van der Waals surface area contributed by atoms with Crippen LogP contribution >= 0.6 is 0 Å². The second-order valence-corrected chi connectivity index (χ2v) is 5.83. The third-order valence-electron chi connectivity index (χ3n) is 3.00. The first-order valence-electron chi connectivity index (χ1n) is 6.80. The van der Waals surface area contributed by atoms with Gasteiger partial charge in [-0.15, -0.1) is 0 Å². The fourth-order valence-corrected chi connectivity index (χ4v) is 2.07. The van der Waals surface area contributed by atoms with Crippen LogP contribution in [0.25, 0.3) is 0 Å². The van der Waals surface area contributed by atoms with Gasteiger partial charge in [0.05, 0.1) is 0 Å². The van der Waals surface area contributed by atoms with Crippen molar-refractivity contribution in [2.45, 2.75) is 58.2 Å². The lowest BCUT2D eigenvalue weighted by Crippen LogP contribution is -2.49. The van der Waals surface area contributed by atoms with Crippen molar-refractivity contribution in [3.8, 4) is 0 Å². The van der Waals surface area contributed by atoms with Gasteiger partial charge in [-0.2, -0.15) is 0 Å². The summed E-state index contributed by atoms with van der Waals surface area (Å²) in [5.41, 5.74) is 5.34. The van der Waals surface area contributed by atoms with Gasteiger partial charge >= 0.3 is 6.09 Å². The molecule has 0 heterocycles. The van der Waals surface area contributed by atoms with E-state index in [4.69, 9.17) is 10.5 Å². The molecule has 1 atom stereocenters. The molecule has 1 rings (SSSR count). The molecule has 1 amide bonds. The molecule has 0 aliphatic heterocycles. The van der Waals surface area contributed by atoms with Crippen LogP contribution in [0.3, 0.4) is 0 Å². The Labute approximate surface area is 110 Å². The Balaban J connectivity index is 2.36. The van der Waals surface area contributed by atoms with E-state index in [9.17, 15) is 4.79 Å². The van der Waals surface area contributed by atoms with E-state index in [1.165, 1.54) is 12.8 Å². The standard InChI is InChI=1S/C13H27N3O2/c1-5-16(10-6-7-10)11(8-14)9-15-12(17)18-13(2,3)4/h10-11H,5-9,14H2,1-4H3,(H,15,17). The molecule has 0 aromatic rings. The van der Waals surface area contributed by atoms with Crippen molar-refractivity contribution in [2.75, 3.05) is 19.6 Å². The van der Waals surface area contributed by atoms with Gasteiger partial charge in [0.15, 0.2) is 0 Å². The lowest BCUT2D eigenvalue weighted by molar-refractivity contribution is 0.0507. The number of carbonyl (C=O) groups is 1. The van der Waals surface area contributed by atoms with Crippen LogP contribution in [0.1, 0.15) is 40.5 Å². The molecule has 5 heteroatoms. The summed E-state index contributed by atoms with van der Waals surface area (Å²) in [4.78, 5) is 14.0. The van der Waals surface area contributed by atoms with Gasteiger partial charge in [-0.1, -0.05) is 6.92 Å². The third-order valence-corrected chi connectivity index (χ3v) is 3.00. The molecule has 1 fully saturated rings. The van der Waals surface area contributed by atoms with Gasteiger partial charge in [-0.25, -0.2) is 4.79 Å². The molecule has 1 aliphatic carbocycles. The maximum atomic E-state index is 11.6. The highest BCUT2D eigenvalue weighted by Crippen LogP contribution is 2.27. The number of hydrogen-bond acceptors (Lipinski definition) is 4. The Kier molecular flexibility index (Phi) is 5.41. The molecule has 3 N–H and O–H groups in total. The summed E-state index contributed by atoms with van der Waals surface area (Å²) in [6.45, 7) is 9.79. The normalized spacial score (nSPS) is 17.7. The second kappa shape index (κ2) is 6.38. The van der Waals surface area contributed by atoms with Gasteiger partial charge in [-0.05, 0) is 40.2 Å². The van der Waals surface area contributed by atoms with E-state index >= 15 is 0 Å². The van der Waals surface area contributed by atoms with Crippen LogP contribution in [0.4, 0.5) is 4.79 Å². The Morgan fingerprint density at radius 2 is 2.11 bits per heavy atom. The highest BCUT2D eigenvalue weighted by Gasteiger charge is 2.32. The SMILES string of the molecule is CCN(C1CC1)C(CN)CNC(=O)OC(C)(C)C. The molecular weight excluding hydrogens is 230 g/mol. The molecule has 1 aliphatic rings. The predicted molar refractivity (Wildman–Crippen MR) is 72.5 cm³/mol. The quantitative estimate of drug-likeness (QED) is 0.753. The number of ether oxygens (including phenoxy) is 1. The third kappa shape index (κ3) is 5.23. The van der Waals surface area contributed by atoms with Gasteiger partial charge < -0.3 is 15.8 Å². The molecule has 0 spiro atoms. The monoisotopic (exact) mass is 257 g/mol. The highest BCUT2D eigenvalue weighted by molar-refractivity contribution is 5.67. The van der Waals surface area contributed by atoms with Crippen molar-refractivity contribution in [1.29, 1.82) is 0 Å². The molecule has 1 saturated carbocycles. The van der Waals surface area contributed by atoms with E-state index in [0.29, 0.717) is 19.1 Å². The maximum Gasteiger partial charge on any atom is 0.407 e. The molecule has 0 radical (unpaired) electrons. The molecule has 0 aromatic heterocycles. The van der Waals surface area contributed by atoms with Gasteiger partial charge in [-0.3, -0.25) is 4.90 Å². The first-order valence-corrected chi connectivity index (χ1v) is 6.80. The Morgan fingerprint density at radius 1 is 1.50 bits per heavy atom. The van der Waals surface area contributed by atoms with Crippen molar-refractivity contribution < 1.29 is 9.53 Å². The molecule has 0 aromatic carbocycles. The number of nitrogens with zero attached hydrogens (tertiary/aromatic N) is 1. The summed E-state index contributed by atoms with van der Waals surface area (Å²) in [7, 11) is 0. The molecular formula is C13H27N3O2. The zero-order chi connectivity index (χ0) is 13.8. The largest absolute Gasteiger partial charge is 0.444 e. The zero-order valence-corrected chi connectivity index (χ0v) is 12.0. The lowest BCUT2D eigenvalue weighted by atomic mass is 10.2. The summed E-state index contributed by atoms with van der Waals surface area (Å²) < 4.78 is 5.21. The van der Waals surface area contributed by atoms with Crippen LogP contribution in [-0.4, -0.2) is 48.3 Å². The minimum absolute atomic E-state index is 0.204. The van der Waals surface area contributed by atoms with E-state index in [-0.39, 0.29) is 12.1 Å². The van der Waals surface area contributed by atoms with Crippen LogP contribution in [0.2, 0.25) is 0 Å². The van der Waals surface area contributed by atoms with E-state index in [2.05, 4.69) is 17.1 Å². The smallest absolute Gasteiger partial charge is 0.407 e. The summed E-state index contributed by atoms with van der Waals surface area (Å²) in [5, 5.41) is 2.80. The summed E-state index contributed by atoms with van der Waals surface area (Å²) in [5.74, 6) is 0. The van der Waals surface area contributed by atoms with Crippen molar-refractivity contribution >= 4 is 6.09 Å². The Morgan fingerprint density at radius 3 is 2.50 bits per heavy atom. The molecule has 1 unspecified atom stereocenters. The van der Waals surface area contributed by atoms with Crippen LogP contribution in [0.15, 0.2) is 0 Å². The minimum atomic E-state index is -0.455. The van der Waals surface area contributed by atoms with E-state index in [0.717, 1.165) is 6.54 Å². The molecule has 18 heavy (non-hydrogen) atoms. The first kappa shape index (κ1) is 15.2. The van der Waals surface area contributed by atoms with Crippen molar-refractivity contribution in [2.24, 2.45) is 5.73 Å². The minimum Gasteiger partial charge on any atom is -0.444 e. The number of rotatable bonds is 6. The number of carbonyl (C=O) groups excluding carboxylic acids is 1. The number of likely N-dealkylation sites (N-methyl/N-ethyl adjacent to an activating group) is 1. The number of alkyl carbamates (subject to hydrolysis) is 1. The fourth-order valence-electron chi connectivity index (χ4n) is 2.07. The predicted octanol–water partition coefficient (Wildman–Crippen LogP) is 1.32. The maximum absolute atomic E-state index is 11.6. The number of nitrogens with two attached hydrogens (primary N) is 1. The topological polar surface area (TPSA) is 67.6 Å². The van der Waals surface area contributed by atoms with E-state index in [1.807, 2.05) is 20.8 Å². The highest BCUT2D eigenvalue weighted by atomic mass is 16.6. The number of hydrogen-bond donors (Lipinski definition) is 2. The van der Waals surface area contributed by atoms with Gasteiger partial charge in [0.25, 0.3) is 0 Å². The van der Waals surface area contributed by atoms with Crippen LogP contribution in [0.5, 0.6) is 0 Å². The first-order chi connectivity index (χ1) is 8.37. The molecule has 106 valence electrons. The number of amides is 1. The van der Waals surface area contributed by atoms with Crippen LogP contribution in [-0.2, 0) is 4.74 Å². The summed E-state index contributed by atoms with van der Waals surface area (Å²) >= 11 is 0. The van der Waals surface area contributed by atoms with Gasteiger partial charge in [0.1, 0.15) is 5.60 Å². The van der Waals surface area contributed by atoms with Crippen molar-refractivity contribution in [3.63, 3.8) is 0 Å². The average molecular weight is 257 g/mol. The van der Waals surface area contributed by atoms with E-state index < -0.39 is 5.60 Å². The van der Waals surface area contributed by atoms with Crippen LogP contribution < -0.4 is 11.1 Å². The van der Waals surface area contributed by atoms with Crippen molar-refractivity contribution in [3.05, 3.63) is 0 Å². The van der Waals surface area contributed by atoms with Gasteiger partial charge in [0, 0.05) is 25.2 Å². The summed E-state index contributed by atoms with van der Waals surface area (Å²) in [6, 6.07) is 0.860. The second-order valence-electron chi connectivity index (χ2n) is 5.83. The van der Waals surface area contributed by atoms with Crippen LogP contribution in [0, 0.1) is 0 Å². The summed E-state index contributed by atoms with van der Waals surface area (Å²) in [6.07, 6.45) is 2.13. The fraction of sp³-hybridized carbons (Fsp3) is 0.923.